The van der Waals surface area contributed by atoms with E-state index >= 15 is 0 Å². The maximum absolute atomic E-state index is 11.2. The Balaban J connectivity index is 4.31. The van der Waals surface area contributed by atoms with Gasteiger partial charge in [0, 0.05) is 24.3 Å². The zero-order valence-corrected chi connectivity index (χ0v) is 10.8. The van der Waals surface area contributed by atoms with E-state index in [1.807, 2.05) is 0 Å². The van der Waals surface area contributed by atoms with Crippen LogP contribution in [0.5, 0.6) is 0 Å². The quantitative estimate of drug-likeness (QED) is 0.499. The largest absolute Gasteiger partial charge is 0.478 e. The van der Waals surface area contributed by atoms with Gasteiger partial charge in [-0.1, -0.05) is 0 Å². The van der Waals surface area contributed by atoms with Crippen LogP contribution in [0.1, 0.15) is 13.8 Å². The second-order valence-corrected chi connectivity index (χ2v) is 3.63. The fourth-order valence-electron chi connectivity index (χ4n) is 0.915. The molecular weight excluding hydrogens is 272 g/mol. The van der Waals surface area contributed by atoms with Crippen molar-refractivity contribution in [3.8, 4) is 0 Å². The number of hydrogen-bond donors (Lipinski definition) is 2. The van der Waals surface area contributed by atoms with E-state index in [2.05, 4.69) is 0 Å². The lowest BCUT2D eigenvalue weighted by atomic mass is 10.2. The van der Waals surface area contributed by atoms with E-state index in [4.69, 9.17) is 19.7 Å². The molecule has 20 heavy (non-hydrogen) atoms. The summed E-state index contributed by atoms with van der Waals surface area (Å²) in [6.45, 7) is 2.87. The van der Waals surface area contributed by atoms with Crippen molar-refractivity contribution >= 4 is 23.9 Å². The summed E-state index contributed by atoms with van der Waals surface area (Å²) in [7, 11) is 0. The Kier molecular flexibility index (Phi) is 7.34. The summed E-state index contributed by atoms with van der Waals surface area (Å²) < 4.78 is 9.56. The molecule has 8 nitrogen and oxygen atoms in total. The fourth-order valence-corrected chi connectivity index (χ4v) is 0.915. The lowest BCUT2D eigenvalue weighted by molar-refractivity contribution is -0.158. The summed E-state index contributed by atoms with van der Waals surface area (Å²) in [5.41, 5.74) is 0. The summed E-state index contributed by atoms with van der Waals surface area (Å²) in [5.74, 6) is -4.39. The Morgan fingerprint density at radius 1 is 0.750 bits per heavy atom. The predicted molar refractivity (Wildman–Crippen MR) is 64.7 cm³/mol. The molecule has 0 spiro atoms. The molecule has 0 bridgehead atoms. The summed E-state index contributed by atoms with van der Waals surface area (Å²) in [5, 5.41) is 16.6. The van der Waals surface area contributed by atoms with Crippen molar-refractivity contribution in [3.63, 3.8) is 0 Å². The average Bonchev–Trinajstić information content (AvgIpc) is 2.33. The van der Waals surface area contributed by atoms with Crippen LogP contribution in [-0.4, -0.2) is 46.3 Å². The molecule has 0 saturated carbocycles. The molecule has 0 rings (SSSR count). The Bertz CT molecular complexity index is 406. The third-order valence-electron chi connectivity index (χ3n) is 1.99. The first kappa shape index (κ1) is 17.4. The van der Waals surface area contributed by atoms with Gasteiger partial charge in [0.05, 0.1) is 0 Å². The summed E-state index contributed by atoms with van der Waals surface area (Å²) in [6.07, 6.45) is 1.00. The van der Waals surface area contributed by atoms with Gasteiger partial charge in [-0.25, -0.2) is 19.2 Å². The lowest BCUT2D eigenvalue weighted by Gasteiger charge is -2.19. The van der Waals surface area contributed by atoms with Gasteiger partial charge in [-0.05, 0) is 13.8 Å². The Labute approximate surface area is 114 Å². The third kappa shape index (κ3) is 8.45. The maximum Gasteiger partial charge on any atom is 0.331 e. The number of rotatable bonds is 7. The van der Waals surface area contributed by atoms with Crippen molar-refractivity contribution in [3.05, 3.63) is 24.3 Å². The molecule has 0 amide bonds. The van der Waals surface area contributed by atoms with E-state index in [-0.39, 0.29) is 0 Å². The van der Waals surface area contributed by atoms with Crippen LogP contribution in [-0.2, 0) is 28.7 Å². The zero-order chi connectivity index (χ0) is 15.7. The van der Waals surface area contributed by atoms with Crippen LogP contribution in [0.3, 0.4) is 0 Å². The van der Waals surface area contributed by atoms with Gasteiger partial charge in [-0.2, -0.15) is 0 Å². The Hall–Kier alpha value is -2.64. The molecule has 0 aromatic heterocycles. The minimum absolute atomic E-state index is 0.612. The summed E-state index contributed by atoms with van der Waals surface area (Å²) in [6, 6.07) is 0. The van der Waals surface area contributed by atoms with Gasteiger partial charge in [-0.15, -0.1) is 0 Å². The molecule has 8 heteroatoms. The molecule has 110 valence electrons. The molecule has 0 radical (unpaired) electrons. The highest BCUT2D eigenvalue weighted by Gasteiger charge is 2.19. The minimum Gasteiger partial charge on any atom is -0.478 e. The highest BCUT2D eigenvalue weighted by atomic mass is 16.6. The van der Waals surface area contributed by atoms with Crippen molar-refractivity contribution in [2.75, 3.05) is 0 Å². The molecule has 0 aromatic carbocycles. The van der Waals surface area contributed by atoms with Gasteiger partial charge in [0.1, 0.15) is 12.2 Å². The number of carbonyl (C=O) groups excluding carboxylic acids is 2. The molecule has 0 fully saturated rings. The van der Waals surface area contributed by atoms with E-state index in [9.17, 15) is 19.2 Å². The number of aliphatic carboxylic acids is 2. The van der Waals surface area contributed by atoms with Gasteiger partial charge in [0.25, 0.3) is 0 Å². The molecule has 2 unspecified atom stereocenters. The highest BCUT2D eigenvalue weighted by molar-refractivity contribution is 5.91. The van der Waals surface area contributed by atoms with Gasteiger partial charge in [-0.3, -0.25) is 0 Å². The maximum atomic E-state index is 11.2. The van der Waals surface area contributed by atoms with Gasteiger partial charge >= 0.3 is 23.9 Å². The lowest BCUT2D eigenvalue weighted by Crippen LogP contribution is -2.29. The Morgan fingerprint density at radius 3 is 1.30 bits per heavy atom. The van der Waals surface area contributed by atoms with Crippen LogP contribution in [0.2, 0.25) is 0 Å². The molecule has 0 aliphatic carbocycles. The minimum atomic E-state index is -1.30. The standard InChI is InChI=1S/C12H14O8/c1-7(19-11(17)5-3-9(13)14)8(2)20-12(18)6-4-10(15)16/h3-8H,1-2H3,(H,13,14)(H,15,16)/b5-3-,6-4-. The van der Waals surface area contributed by atoms with Crippen LogP contribution in [0.15, 0.2) is 24.3 Å². The molecule has 0 heterocycles. The number of carboxylic acid groups (broad SMARTS) is 2. The average molecular weight is 286 g/mol. The molecule has 0 aliphatic rings. The van der Waals surface area contributed by atoms with Crippen LogP contribution < -0.4 is 0 Å². The predicted octanol–water partition coefficient (Wildman–Crippen LogP) is 0.131. The van der Waals surface area contributed by atoms with Gasteiger partial charge in [0.2, 0.25) is 0 Å². The van der Waals surface area contributed by atoms with E-state index in [1.54, 1.807) is 0 Å². The molecule has 2 atom stereocenters. The molecular formula is C12H14O8. The molecule has 0 saturated heterocycles. The first-order valence-electron chi connectivity index (χ1n) is 5.45. The SMILES string of the molecule is CC(OC(=O)/C=C\C(=O)O)C(C)OC(=O)/C=C\C(=O)O. The molecule has 2 N–H and O–H groups in total. The van der Waals surface area contributed by atoms with E-state index < -0.39 is 36.1 Å². The highest BCUT2D eigenvalue weighted by Crippen LogP contribution is 2.05. The van der Waals surface area contributed by atoms with Crippen molar-refractivity contribution in [1.29, 1.82) is 0 Å². The topological polar surface area (TPSA) is 127 Å². The van der Waals surface area contributed by atoms with E-state index in [1.165, 1.54) is 13.8 Å². The van der Waals surface area contributed by atoms with Gasteiger partial charge < -0.3 is 19.7 Å². The zero-order valence-electron chi connectivity index (χ0n) is 10.8. The van der Waals surface area contributed by atoms with Gasteiger partial charge in [0.15, 0.2) is 0 Å². The Morgan fingerprint density at radius 2 is 1.05 bits per heavy atom. The van der Waals surface area contributed by atoms with Crippen LogP contribution in [0.25, 0.3) is 0 Å². The first-order chi connectivity index (χ1) is 9.22. The van der Waals surface area contributed by atoms with Crippen molar-refractivity contribution < 1.29 is 38.9 Å². The van der Waals surface area contributed by atoms with Crippen molar-refractivity contribution in [2.24, 2.45) is 0 Å². The van der Waals surface area contributed by atoms with Crippen molar-refractivity contribution in [2.45, 2.75) is 26.1 Å². The number of hydrogen-bond acceptors (Lipinski definition) is 6. The molecule has 0 aromatic rings. The molecule has 0 aliphatic heterocycles. The number of carbonyl (C=O) groups is 4. The number of ether oxygens (including phenoxy) is 2. The van der Waals surface area contributed by atoms with Crippen LogP contribution in [0, 0.1) is 0 Å². The van der Waals surface area contributed by atoms with Crippen LogP contribution in [0.4, 0.5) is 0 Å². The summed E-state index contributed by atoms with van der Waals surface area (Å²) >= 11 is 0. The first-order valence-corrected chi connectivity index (χ1v) is 5.45. The smallest absolute Gasteiger partial charge is 0.331 e. The normalized spacial score (nSPS) is 13.9. The number of carboxylic acids is 2. The van der Waals surface area contributed by atoms with E-state index in [0.717, 1.165) is 12.2 Å². The van der Waals surface area contributed by atoms with E-state index in [0.29, 0.717) is 12.2 Å². The monoisotopic (exact) mass is 286 g/mol. The second-order valence-electron chi connectivity index (χ2n) is 3.63. The summed E-state index contributed by atoms with van der Waals surface area (Å²) in [4.78, 5) is 42.7. The second kappa shape index (κ2) is 8.46. The third-order valence-corrected chi connectivity index (χ3v) is 1.99. The fraction of sp³-hybridized carbons (Fsp3) is 0.333. The van der Waals surface area contributed by atoms with Crippen LogP contribution >= 0.6 is 0 Å². The number of esters is 2. The van der Waals surface area contributed by atoms with Crippen molar-refractivity contribution in [1.82, 2.24) is 0 Å².